The third kappa shape index (κ3) is 4.21. The summed E-state index contributed by atoms with van der Waals surface area (Å²) < 4.78 is 32.2. The molecule has 0 unspecified atom stereocenters. The summed E-state index contributed by atoms with van der Waals surface area (Å²) in [6, 6.07) is 13.9. The van der Waals surface area contributed by atoms with Crippen LogP contribution in [0, 0.1) is 13.8 Å². The molecule has 5 nitrogen and oxygen atoms in total. The summed E-state index contributed by atoms with van der Waals surface area (Å²) >= 11 is 0. The molecule has 0 aliphatic rings. The molecule has 2 aromatic carbocycles. The summed E-state index contributed by atoms with van der Waals surface area (Å²) in [6.45, 7) is 3.70. The molecule has 2 rings (SSSR count). The lowest BCUT2D eigenvalue weighted by Crippen LogP contribution is -2.32. The lowest BCUT2D eigenvalue weighted by atomic mass is 9.95. The van der Waals surface area contributed by atoms with Gasteiger partial charge in [-0.05, 0) is 37.1 Å². The summed E-state index contributed by atoms with van der Waals surface area (Å²) in [4.78, 5) is 12.3. The normalized spacial score (nSPS) is 12.6. The van der Waals surface area contributed by atoms with Gasteiger partial charge in [-0.15, -0.1) is 0 Å². The van der Waals surface area contributed by atoms with E-state index in [4.69, 9.17) is 4.74 Å². The maximum atomic E-state index is 12.4. The number of sulfonamides is 1. The van der Waals surface area contributed by atoms with Gasteiger partial charge >= 0.3 is 5.97 Å². The second-order valence-electron chi connectivity index (χ2n) is 5.60. The molecule has 128 valence electrons. The Kier molecular flexibility index (Phi) is 5.75. The lowest BCUT2D eigenvalue weighted by molar-refractivity contribution is -0.142. The van der Waals surface area contributed by atoms with Crippen LogP contribution in [0.4, 0.5) is 0 Å². The van der Waals surface area contributed by atoms with Gasteiger partial charge in [-0.3, -0.25) is 4.79 Å². The van der Waals surface area contributed by atoms with Crippen molar-refractivity contribution in [3.8, 4) is 0 Å². The SMILES string of the molecule is COC(=O)[C@@H](CNS(=O)(=O)c1ccc(C)cc1)c1ccccc1C. The third-order valence-corrected chi connectivity index (χ3v) is 5.30. The number of esters is 1. The molecular weight excluding hydrogens is 326 g/mol. The average Bonchev–Trinajstić information content (AvgIpc) is 2.56. The van der Waals surface area contributed by atoms with E-state index >= 15 is 0 Å². The molecular formula is C18H21NO4S. The summed E-state index contributed by atoms with van der Waals surface area (Å²) in [5, 5.41) is 0. The largest absolute Gasteiger partial charge is 0.469 e. The van der Waals surface area contributed by atoms with Crippen LogP contribution in [0.3, 0.4) is 0 Å². The van der Waals surface area contributed by atoms with Gasteiger partial charge < -0.3 is 4.74 Å². The van der Waals surface area contributed by atoms with Gasteiger partial charge in [-0.1, -0.05) is 42.0 Å². The van der Waals surface area contributed by atoms with Crippen molar-refractivity contribution in [3.05, 3.63) is 65.2 Å². The van der Waals surface area contributed by atoms with Crippen LogP contribution in [-0.4, -0.2) is 28.0 Å². The van der Waals surface area contributed by atoms with E-state index in [1.807, 2.05) is 32.0 Å². The highest BCUT2D eigenvalue weighted by molar-refractivity contribution is 7.89. The number of aryl methyl sites for hydroxylation is 2. The highest BCUT2D eigenvalue weighted by atomic mass is 32.2. The molecule has 0 aliphatic heterocycles. The molecule has 0 amide bonds. The van der Waals surface area contributed by atoms with Gasteiger partial charge in [-0.2, -0.15) is 0 Å². The topological polar surface area (TPSA) is 72.5 Å². The number of methoxy groups -OCH3 is 1. The van der Waals surface area contributed by atoms with Crippen molar-refractivity contribution in [2.24, 2.45) is 0 Å². The van der Waals surface area contributed by atoms with E-state index in [0.29, 0.717) is 0 Å². The molecule has 0 saturated carbocycles. The average molecular weight is 347 g/mol. The van der Waals surface area contributed by atoms with E-state index in [2.05, 4.69) is 4.72 Å². The first-order valence-corrected chi connectivity index (χ1v) is 9.03. The highest BCUT2D eigenvalue weighted by Gasteiger charge is 2.25. The molecule has 0 saturated heterocycles. The molecule has 0 radical (unpaired) electrons. The Morgan fingerprint density at radius 1 is 1.08 bits per heavy atom. The van der Waals surface area contributed by atoms with Gasteiger partial charge in [0.1, 0.15) is 0 Å². The standard InChI is InChI=1S/C18H21NO4S/c1-13-8-10-15(11-9-13)24(21,22)19-12-17(18(20)23-3)16-7-5-4-6-14(16)2/h4-11,17,19H,12H2,1-3H3/t17-/m0/s1. The van der Waals surface area contributed by atoms with E-state index in [-0.39, 0.29) is 11.4 Å². The molecule has 2 aromatic rings. The monoisotopic (exact) mass is 347 g/mol. The van der Waals surface area contributed by atoms with Crippen molar-refractivity contribution in [1.29, 1.82) is 0 Å². The number of carbonyl (C=O) groups is 1. The molecule has 24 heavy (non-hydrogen) atoms. The van der Waals surface area contributed by atoms with Gasteiger partial charge in [0.2, 0.25) is 10.0 Å². The van der Waals surface area contributed by atoms with Crippen LogP contribution in [0.1, 0.15) is 22.6 Å². The fourth-order valence-corrected chi connectivity index (χ4v) is 3.48. The molecule has 0 aromatic heterocycles. The summed E-state index contributed by atoms with van der Waals surface area (Å²) in [6.07, 6.45) is 0. The van der Waals surface area contributed by atoms with Gasteiger partial charge in [0.05, 0.1) is 17.9 Å². The summed E-state index contributed by atoms with van der Waals surface area (Å²) in [5.41, 5.74) is 2.62. The van der Waals surface area contributed by atoms with E-state index in [1.54, 1.807) is 30.3 Å². The molecule has 6 heteroatoms. The molecule has 1 atom stereocenters. The van der Waals surface area contributed by atoms with Crippen molar-refractivity contribution in [3.63, 3.8) is 0 Å². The van der Waals surface area contributed by atoms with Crippen molar-refractivity contribution in [2.45, 2.75) is 24.7 Å². The number of hydrogen-bond acceptors (Lipinski definition) is 4. The Morgan fingerprint density at radius 2 is 1.71 bits per heavy atom. The third-order valence-electron chi connectivity index (χ3n) is 3.86. The molecule has 0 spiro atoms. The first-order chi connectivity index (χ1) is 11.3. The molecule has 0 aliphatic carbocycles. The molecule has 0 fully saturated rings. The van der Waals surface area contributed by atoms with Crippen molar-refractivity contribution >= 4 is 16.0 Å². The number of hydrogen-bond donors (Lipinski definition) is 1. The number of rotatable bonds is 6. The summed E-state index contributed by atoms with van der Waals surface area (Å²) in [5.74, 6) is -1.17. The number of carbonyl (C=O) groups excluding carboxylic acids is 1. The minimum absolute atomic E-state index is 0.0618. The van der Waals surface area contributed by atoms with Crippen molar-refractivity contribution in [1.82, 2.24) is 4.72 Å². The number of nitrogens with one attached hydrogen (secondary N) is 1. The van der Waals surface area contributed by atoms with Crippen LogP contribution < -0.4 is 4.72 Å². The molecule has 0 bridgehead atoms. The van der Waals surface area contributed by atoms with Gasteiger partial charge in [0.15, 0.2) is 0 Å². The predicted molar refractivity (Wildman–Crippen MR) is 92.3 cm³/mol. The molecule has 0 heterocycles. The van der Waals surface area contributed by atoms with Crippen LogP contribution in [-0.2, 0) is 19.6 Å². The number of benzene rings is 2. The Labute approximate surface area is 142 Å². The second kappa shape index (κ2) is 7.59. The maximum absolute atomic E-state index is 12.4. The Bertz CT molecular complexity index is 813. The van der Waals surface area contributed by atoms with Crippen molar-refractivity contribution < 1.29 is 17.9 Å². The maximum Gasteiger partial charge on any atom is 0.314 e. The van der Waals surface area contributed by atoms with Crippen molar-refractivity contribution in [2.75, 3.05) is 13.7 Å². The minimum Gasteiger partial charge on any atom is -0.469 e. The highest BCUT2D eigenvalue weighted by Crippen LogP contribution is 2.21. The van der Waals surface area contributed by atoms with Crippen LogP contribution >= 0.6 is 0 Å². The van der Waals surface area contributed by atoms with E-state index in [9.17, 15) is 13.2 Å². The minimum atomic E-state index is -3.69. The zero-order valence-corrected chi connectivity index (χ0v) is 14.8. The smallest absolute Gasteiger partial charge is 0.314 e. The zero-order chi connectivity index (χ0) is 17.7. The van der Waals surface area contributed by atoms with Crippen LogP contribution in [0.15, 0.2) is 53.4 Å². The lowest BCUT2D eigenvalue weighted by Gasteiger charge is -2.18. The van der Waals surface area contributed by atoms with E-state index in [1.165, 1.54) is 7.11 Å². The van der Waals surface area contributed by atoms with Gasteiger partial charge in [0.25, 0.3) is 0 Å². The summed E-state index contributed by atoms with van der Waals surface area (Å²) in [7, 11) is -2.40. The Hall–Kier alpha value is -2.18. The second-order valence-corrected chi connectivity index (χ2v) is 7.36. The van der Waals surface area contributed by atoms with Gasteiger partial charge in [-0.25, -0.2) is 13.1 Å². The van der Waals surface area contributed by atoms with Crippen LogP contribution in [0.5, 0.6) is 0 Å². The van der Waals surface area contributed by atoms with E-state index < -0.39 is 21.9 Å². The molecule has 1 N–H and O–H groups in total. The van der Waals surface area contributed by atoms with E-state index in [0.717, 1.165) is 16.7 Å². The zero-order valence-electron chi connectivity index (χ0n) is 13.9. The first kappa shape index (κ1) is 18.2. The first-order valence-electron chi connectivity index (χ1n) is 7.55. The van der Waals surface area contributed by atoms with Crippen LogP contribution in [0.2, 0.25) is 0 Å². The fourth-order valence-electron chi connectivity index (χ4n) is 2.43. The Morgan fingerprint density at radius 3 is 2.29 bits per heavy atom. The van der Waals surface area contributed by atoms with Gasteiger partial charge in [0, 0.05) is 6.54 Å². The Balaban J connectivity index is 2.23. The fraction of sp³-hybridized carbons (Fsp3) is 0.278. The van der Waals surface area contributed by atoms with Crippen LogP contribution in [0.25, 0.3) is 0 Å². The quantitative estimate of drug-likeness (QED) is 0.815. The predicted octanol–water partition coefficient (Wildman–Crippen LogP) is 2.54. The number of ether oxygens (including phenoxy) is 1.